The zero-order valence-corrected chi connectivity index (χ0v) is 25.4. The molecular formula is C33H35ClFN5S. The Morgan fingerprint density at radius 3 is 2.41 bits per heavy atom. The van der Waals surface area contributed by atoms with Crippen molar-refractivity contribution in [2.45, 2.75) is 46.2 Å². The Labute approximate surface area is 252 Å². The van der Waals surface area contributed by atoms with Crippen molar-refractivity contribution in [3.8, 4) is 5.69 Å². The first-order valence-electron chi connectivity index (χ1n) is 14.2. The summed E-state index contributed by atoms with van der Waals surface area (Å²) in [5, 5.41) is 4.89. The fourth-order valence-electron chi connectivity index (χ4n) is 6.81. The van der Waals surface area contributed by atoms with E-state index in [1.807, 2.05) is 36.5 Å². The molecule has 8 heteroatoms. The van der Waals surface area contributed by atoms with Gasteiger partial charge in [0.15, 0.2) is 5.11 Å². The van der Waals surface area contributed by atoms with E-state index < -0.39 is 0 Å². The molecule has 2 fully saturated rings. The van der Waals surface area contributed by atoms with Gasteiger partial charge in [0, 0.05) is 42.0 Å². The van der Waals surface area contributed by atoms with Crippen molar-refractivity contribution in [1.82, 2.24) is 14.9 Å². The second kappa shape index (κ2) is 11.1. The molecule has 1 N–H and O–H groups in total. The van der Waals surface area contributed by atoms with Crippen molar-refractivity contribution in [2.24, 2.45) is 11.8 Å². The van der Waals surface area contributed by atoms with Gasteiger partial charge in [-0.25, -0.2) is 4.39 Å². The SMILES string of the molecule is Cc1cc([C@H]2[C@@H](c3ccccn3)NC(=S)N2c2ccc(N3C[C@H](C)C[C@H](C)C3)c(Cl)c2)c(C)n1-c1cccc(F)c1. The van der Waals surface area contributed by atoms with Crippen LogP contribution in [-0.2, 0) is 0 Å². The van der Waals surface area contributed by atoms with Crippen molar-refractivity contribution >= 4 is 40.3 Å². The second-order valence-electron chi connectivity index (χ2n) is 11.6. The molecule has 2 aliphatic rings. The standard InChI is InChI=1S/C33H35ClFN5S/c1-20-14-21(2)19-38(18-20)30-12-11-26(17-28(30)34)40-32(31(37-33(40)41)29-10-5-6-13-36-29)27-15-22(3)39(23(27)4)25-9-7-8-24(35)16-25/h5-13,15-17,20-21,31-32H,14,18-19H2,1-4H3,(H,37,41)/t20-,21+,31-,32+/m1/s1. The molecule has 0 spiro atoms. The van der Waals surface area contributed by atoms with Crippen molar-refractivity contribution in [1.29, 1.82) is 0 Å². The van der Waals surface area contributed by atoms with Crippen LogP contribution >= 0.6 is 23.8 Å². The van der Waals surface area contributed by atoms with Crippen LogP contribution in [0.4, 0.5) is 15.8 Å². The van der Waals surface area contributed by atoms with E-state index in [0.717, 1.165) is 57.8 Å². The molecule has 4 aromatic rings. The Morgan fingerprint density at radius 1 is 0.951 bits per heavy atom. The molecule has 4 atom stereocenters. The zero-order chi connectivity index (χ0) is 28.8. The molecular weight excluding hydrogens is 553 g/mol. The minimum Gasteiger partial charge on any atom is -0.370 e. The zero-order valence-electron chi connectivity index (χ0n) is 23.8. The van der Waals surface area contributed by atoms with E-state index in [1.165, 1.54) is 12.5 Å². The first kappa shape index (κ1) is 27.7. The molecule has 0 saturated carbocycles. The van der Waals surface area contributed by atoms with E-state index in [9.17, 15) is 4.39 Å². The Morgan fingerprint density at radius 2 is 1.73 bits per heavy atom. The van der Waals surface area contributed by atoms with Crippen molar-refractivity contribution in [3.05, 3.63) is 106 Å². The summed E-state index contributed by atoms with van der Waals surface area (Å²) in [6, 6.07) is 20.7. The summed E-state index contributed by atoms with van der Waals surface area (Å²) in [6.45, 7) is 10.8. The van der Waals surface area contributed by atoms with Crippen LogP contribution in [0.25, 0.3) is 5.69 Å². The van der Waals surface area contributed by atoms with Crippen molar-refractivity contribution in [2.75, 3.05) is 22.9 Å². The number of anilines is 2. The number of hydrogen-bond acceptors (Lipinski definition) is 3. The number of nitrogens with one attached hydrogen (secondary N) is 1. The van der Waals surface area contributed by atoms with E-state index in [1.54, 1.807) is 12.1 Å². The Kier molecular flexibility index (Phi) is 7.51. The lowest BCUT2D eigenvalue weighted by Crippen LogP contribution is -2.38. The molecule has 2 aromatic carbocycles. The van der Waals surface area contributed by atoms with Gasteiger partial charge in [0.2, 0.25) is 0 Å². The molecule has 41 heavy (non-hydrogen) atoms. The molecule has 5 nitrogen and oxygen atoms in total. The molecule has 0 bridgehead atoms. The highest BCUT2D eigenvalue weighted by molar-refractivity contribution is 7.80. The van der Waals surface area contributed by atoms with Crippen LogP contribution in [0.15, 0.2) is 72.9 Å². The quantitative estimate of drug-likeness (QED) is 0.240. The van der Waals surface area contributed by atoms with Crippen molar-refractivity contribution < 1.29 is 4.39 Å². The number of hydrogen-bond donors (Lipinski definition) is 1. The van der Waals surface area contributed by atoms with Gasteiger partial charge >= 0.3 is 0 Å². The van der Waals surface area contributed by atoms with Gasteiger partial charge in [-0.2, -0.15) is 0 Å². The van der Waals surface area contributed by atoms with Crippen LogP contribution in [0.1, 0.15) is 55.0 Å². The predicted octanol–water partition coefficient (Wildman–Crippen LogP) is 7.94. The monoisotopic (exact) mass is 587 g/mol. The van der Waals surface area contributed by atoms with Gasteiger partial charge in [-0.15, -0.1) is 0 Å². The smallest absolute Gasteiger partial charge is 0.174 e. The highest BCUT2D eigenvalue weighted by Gasteiger charge is 2.42. The van der Waals surface area contributed by atoms with Gasteiger partial charge in [-0.05, 0) is 104 Å². The number of benzene rings is 2. The van der Waals surface area contributed by atoms with Crippen LogP contribution in [0.2, 0.25) is 5.02 Å². The third-order valence-electron chi connectivity index (χ3n) is 8.37. The van der Waals surface area contributed by atoms with Gasteiger partial charge in [0.1, 0.15) is 5.82 Å². The fraction of sp³-hybridized carbons (Fsp3) is 0.333. The Hall–Kier alpha value is -3.42. The second-order valence-corrected chi connectivity index (χ2v) is 12.4. The lowest BCUT2D eigenvalue weighted by molar-refractivity contribution is 0.357. The van der Waals surface area contributed by atoms with Gasteiger partial charge in [0.25, 0.3) is 0 Å². The van der Waals surface area contributed by atoms with Crippen LogP contribution in [0.3, 0.4) is 0 Å². The highest BCUT2D eigenvalue weighted by Crippen LogP contribution is 2.45. The predicted molar refractivity (Wildman–Crippen MR) is 170 cm³/mol. The summed E-state index contributed by atoms with van der Waals surface area (Å²) in [7, 11) is 0. The third kappa shape index (κ3) is 5.22. The number of nitrogens with zero attached hydrogens (tertiary/aromatic N) is 4. The van der Waals surface area contributed by atoms with Gasteiger partial charge in [-0.3, -0.25) is 4.98 Å². The summed E-state index contributed by atoms with van der Waals surface area (Å²) in [5.41, 5.74) is 6.81. The molecule has 6 rings (SSSR count). The largest absolute Gasteiger partial charge is 0.370 e. The number of aryl methyl sites for hydroxylation is 1. The first-order chi connectivity index (χ1) is 19.7. The normalized spacial score (nSPS) is 22.7. The molecule has 2 aromatic heterocycles. The van der Waals surface area contributed by atoms with Gasteiger partial charge in [-0.1, -0.05) is 37.6 Å². The molecule has 0 aliphatic carbocycles. The summed E-state index contributed by atoms with van der Waals surface area (Å²) in [6.07, 6.45) is 3.05. The van der Waals surface area contributed by atoms with Crippen LogP contribution in [0.5, 0.6) is 0 Å². The van der Waals surface area contributed by atoms with E-state index in [0.29, 0.717) is 16.9 Å². The van der Waals surface area contributed by atoms with Crippen molar-refractivity contribution in [3.63, 3.8) is 0 Å². The minimum atomic E-state index is -0.263. The molecule has 2 aliphatic heterocycles. The average Bonchev–Trinajstić information content (AvgIpc) is 3.43. The maximum absolute atomic E-state index is 14.2. The number of halogens is 2. The lowest BCUT2D eigenvalue weighted by Gasteiger charge is -2.37. The number of pyridine rings is 1. The summed E-state index contributed by atoms with van der Waals surface area (Å²) in [4.78, 5) is 9.26. The molecule has 0 radical (unpaired) electrons. The van der Waals surface area contributed by atoms with Crippen LogP contribution in [0, 0.1) is 31.5 Å². The van der Waals surface area contributed by atoms with E-state index in [2.05, 4.69) is 65.6 Å². The topological polar surface area (TPSA) is 36.3 Å². The molecule has 4 heterocycles. The maximum atomic E-state index is 14.2. The summed E-state index contributed by atoms with van der Waals surface area (Å²) >= 11 is 13.0. The summed E-state index contributed by atoms with van der Waals surface area (Å²) in [5.74, 6) is 0.990. The van der Waals surface area contributed by atoms with Crippen LogP contribution in [-0.4, -0.2) is 27.8 Å². The maximum Gasteiger partial charge on any atom is 0.174 e. The van der Waals surface area contributed by atoms with E-state index in [4.69, 9.17) is 28.8 Å². The minimum absolute atomic E-state index is 0.188. The highest BCUT2D eigenvalue weighted by atomic mass is 35.5. The molecule has 212 valence electrons. The fourth-order valence-corrected chi connectivity index (χ4v) is 7.45. The van der Waals surface area contributed by atoms with E-state index >= 15 is 0 Å². The number of rotatable bonds is 5. The first-order valence-corrected chi connectivity index (χ1v) is 15.0. The van der Waals surface area contributed by atoms with Gasteiger partial charge in [0.05, 0.1) is 28.5 Å². The van der Waals surface area contributed by atoms with Crippen LogP contribution < -0.4 is 15.1 Å². The van der Waals surface area contributed by atoms with E-state index in [-0.39, 0.29) is 17.9 Å². The number of thiocarbonyl (C=S) groups is 1. The Bertz CT molecular complexity index is 1580. The number of piperidine rings is 1. The average molecular weight is 588 g/mol. The molecule has 0 amide bonds. The molecule has 0 unspecified atom stereocenters. The molecule has 2 saturated heterocycles. The lowest BCUT2D eigenvalue weighted by atomic mass is 9.91. The third-order valence-corrected chi connectivity index (χ3v) is 8.99. The Balaban J connectivity index is 1.44. The number of aromatic nitrogens is 2. The summed E-state index contributed by atoms with van der Waals surface area (Å²) < 4.78 is 16.3. The van der Waals surface area contributed by atoms with Gasteiger partial charge < -0.3 is 19.7 Å².